The molecule has 2 rings (SSSR count). The van der Waals surface area contributed by atoms with Gasteiger partial charge in [0, 0.05) is 51.4 Å². The van der Waals surface area contributed by atoms with Crippen LogP contribution in [-0.4, -0.2) is 56.5 Å². The normalized spacial score (nSPS) is 17.4. The van der Waals surface area contributed by atoms with E-state index in [4.69, 9.17) is 0 Å². The summed E-state index contributed by atoms with van der Waals surface area (Å²) in [6.07, 6.45) is 6.50. The van der Waals surface area contributed by atoms with Crippen molar-refractivity contribution in [2.24, 2.45) is 0 Å². The number of para-hydroxylation sites is 1. The van der Waals surface area contributed by atoms with Crippen molar-refractivity contribution in [3.8, 4) is 5.75 Å². The summed E-state index contributed by atoms with van der Waals surface area (Å²) in [5.41, 5.74) is 1.15. The smallest absolute Gasteiger partial charge is 0.119 e. The van der Waals surface area contributed by atoms with Crippen molar-refractivity contribution in [2.75, 3.05) is 0 Å². The fraction of sp³-hybridized carbons (Fsp3) is 0.500. The quantitative estimate of drug-likeness (QED) is 0.714. The average molecular weight is 215 g/mol. The molecule has 14 heavy (non-hydrogen) atoms. The van der Waals surface area contributed by atoms with E-state index in [0.717, 1.165) is 5.56 Å². The SMILES string of the molecule is Oc1ccccc1C1CCCCC1.[K]. The minimum Gasteiger partial charge on any atom is -0.508 e. The molecule has 1 aromatic carbocycles. The van der Waals surface area contributed by atoms with Crippen molar-refractivity contribution in [3.05, 3.63) is 29.8 Å². The number of phenolic OH excluding ortho intramolecular Hbond substituents is 1. The second kappa shape index (κ2) is 6.28. The molecular formula is C12H16KO. The summed E-state index contributed by atoms with van der Waals surface area (Å²) in [6, 6.07) is 7.76. The zero-order valence-electron chi connectivity index (χ0n) is 8.87. The number of rotatable bonds is 1. The third-order valence-electron chi connectivity index (χ3n) is 2.98. The van der Waals surface area contributed by atoms with Crippen LogP contribution in [-0.2, 0) is 0 Å². The molecule has 1 aliphatic carbocycles. The average Bonchev–Trinajstić information content (AvgIpc) is 2.20. The van der Waals surface area contributed by atoms with E-state index in [1.165, 1.54) is 32.1 Å². The summed E-state index contributed by atoms with van der Waals surface area (Å²) in [4.78, 5) is 0. The van der Waals surface area contributed by atoms with E-state index in [0.29, 0.717) is 11.7 Å². The van der Waals surface area contributed by atoms with Gasteiger partial charge in [-0.3, -0.25) is 0 Å². The molecule has 0 amide bonds. The summed E-state index contributed by atoms with van der Waals surface area (Å²) in [5, 5.41) is 9.66. The third-order valence-corrected chi connectivity index (χ3v) is 2.98. The van der Waals surface area contributed by atoms with E-state index in [9.17, 15) is 5.11 Å². The molecule has 1 aliphatic rings. The Morgan fingerprint density at radius 3 is 2.29 bits per heavy atom. The first-order valence-electron chi connectivity index (χ1n) is 5.16. The van der Waals surface area contributed by atoms with Crippen LogP contribution in [0.25, 0.3) is 0 Å². The monoisotopic (exact) mass is 215 g/mol. The van der Waals surface area contributed by atoms with Crippen molar-refractivity contribution in [2.45, 2.75) is 38.0 Å². The molecule has 0 bridgehead atoms. The zero-order chi connectivity index (χ0) is 9.10. The second-order valence-corrected chi connectivity index (χ2v) is 3.89. The van der Waals surface area contributed by atoms with E-state index in [1.54, 1.807) is 6.07 Å². The Labute approximate surface area is 128 Å². The van der Waals surface area contributed by atoms with Gasteiger partial charge in [-0.1, -0.05) is 37.5 Å². The summed E-state index contributed by atoms with van der Waals surface area (Å²) < 4.78 is 0. The van der Waals surface area contributed by atoms with Crippen LogP contribution in [0.2, 0.25) is 0 Å². The number of aromatic hydroxyl groups is 1. The Hall–Kier alpha value is 0.656. The van der Waals surface area contributed by atoms with Crippen molar-refractivity contribution < 1.29 is 5.11 Å². The standard InChI is InChI=1S/C12H16O.K/c13-12-9-5-4-8-11(12)10-6-2-1-3-7-10;/h4-5,8-10,13H,1-3,6-7H2;. The maximum atomic E-state index is 9.66. The van der Waals surface area contributed by atoms with Gasteiger partial charge in [0.25, 0.3) is 0 Å². The first-order valence-corrected chi connectivity index (χ1v) is 5.16. The van der Waals surface area contributed by atoms with Gasteiger partial charge >= 0.3 is 0 Å². The van der Waals surface area contributed by atoms with Crippen LogP contribution in [0.4, 0.5) is 0 Å². The van der Waals surface area contributed by atoms with E-state index in [-0.39, 0.29) is 51.4 Å². The molecule has 0 spiro atoms. The molecule has 0 heterocycles. The zero-order valence-corrected chi connectivity index (χ0v) is 12.0. The molecule has 1 N–H and O–H groups in total. The molecule has 2 heteroatoms. The Bertz CT molecular complexity index is 279. The summed E-state index contributed by atoms with van der Waals surface area (Å²) in [6.45, 7) is 0. The Morgan fingerprint density at radius 1 is 1.00 bits per heavy atom. The first kappa shape index (κ1) is 12.7. The number of hydrogen-bond acceptors (Lipinski definition) is 1. The van der Waals surface area contributed by atoms with Gasteiger partial charge in [-0.15, -0.1) is 0 Å². The molecule has 71 valence electrons. The minimum atomic E-state index is 0. The van der Waals surface area contributed by atoms with Crippen molar-refractivity contribution in [1.29, 1.82) is 0 Å². The molecule has 1 saturated carbocycles. The van der Waals surface area contributed by atoms with Crippen molar-refractivity contribution in [1.82, 2.24) is 0 Å². The Kier molecular flexibility index (Phi) is 5.71. The molecule has 1 radical (unpaired) electrons. The molecule has 0 unspecified atom stereocenters. The molecule has 1 aromatic rings. The topological polar surface area (TPSA) is 20.2 Å². The van der Waals surface area contributed by atoms with Crippen LogP contribution in [0.1, 0.15) is 43.6 Å². The summed E-state index contributed by atoms with van der Waals surface area (Å²) >= 11 is 0. The third kappa shape index (κ3) is 3.07. The molecule has 1 nitrogen and oxygen atoms in total. The van der Waals surface area contributed by atoms with E-state index >= 15 is 0 Å². The molecule has 0 atom stereocenters. The number of phenols is 1. The molecule has 0 saturated heterocycles. The Balaban J connectivity index is 0.000000980. The summed E-state index contributed by atoms with van der Waals surface area (Å²) in [7, 11) is 0. The van der Waals surface area contributed by atoms with E-state index in [1.807, 2.05) is 12.1 Å². The number of benzene rings is 1. The van der Waals surface area contributed by atoms with Gasteiger partial charge in [-0.2, -0.15) is 0 Å². The van der Waals surface area contributed by atoms with Gasteiger partial charge in [0.05, 0.1) is 0 Å². The number of hydrogen-bond donors (Lipinski definition) is 1. The maximum Gasteiger partial charge on any atom is 0.119 e. The molecule has 1 fully saturated rings. The van der Waals surface area contributed by atoms with Crippen LogP contribution in [0, 0.1) is 0 Å². The fourth-order valence-corrected chi connectivity index (χ4v) is 2.25. The largest absolute Gasteiger partial charge is 0.508 e. The molecule has 0 aromatic heterocycles. The fourth-order valence-electron chi connectivity index (χ4n) is 2.25. The first-order chi connectivity index (χ1) is 6.38. The van der Waals surface area contributed by atoms with Crippen molar-refractivity contribution >= 4 is 51.4 Å². The molecule has 0 aliphatic heterocycles. The van der Waals surface area contributed by atoms with Gasteiger partial charge in [0.1, 0.15) is 5.75 Å². The van der Waals surface area contributed by atoms with E-state index < -0.39 is 0 Å². The van der Waals surface area contributed by atoms with Crippen LogP contribution in [0.3, 0.4) is 0 Å². The second-order valence-electron chi connectivity index (χ2n) is 3.89. The van der Waals surface area contributed by atoms with Gasteiger partial charge in [0.2, 0.25) is 0 Å². The van der Waals surface area contributed by atoms with E-state index in [2.05, 4.69) is 6.07 Å². The molecular weight excluding hydrogens is 199 g/mol. The summed E-state index contributed by atoms with van der Waals surface area (Å²) in [5.74, 6) is 1.09. The minimum absolute atomic E-state index is 0. The van der Waals surface area contributed by atoms with Crippen LogP contribution in [0.5, 0.6) is 5.75 Å². The van der Waals surface area contributed by atoms with Crippen molar-refractivity contribution in [3.63, 3.8) is 0 Å². The Morgan fingerprint density at radius 2 is 1.64 bits per heavy atom. The predicted molar refractivity (Wildman–Crippen MR) is 59.7 cm³/mol. The van der Waals surface area contributed by atoms with Gasteiger partial charge in [-0.05, 0) is 30.4 Å². The van der Waals surface area contributed by atoms with Gasteiger partial charge in [-0.25, -0.2) is 0 Å². The van der Waals surface area contributed by atoms with Crippen LogP contribution < -0.4 is 0 Å². The van der Waals surface area contributed by atoms with Gasteiger partial charge in [0.15, 0.2) is 0 Å². The van der Waals surface area contributed by atoms with Crippen LogP contribution >= 0.6 is 0 Å². The predicted octanol–water partition coefficient (Wildman–Crippen LogP) is 3.06. The van der Waals surface area contributed by atoms with Gasteiger partial charge < -0.3 is 5.11 Å². The van der Waals surface area contributed by atoms with Crippen LogP contribution in [0.15, 0.2) is 24.3 Å². The maximum absolute atomic E-state index is 9.66.